The molecule has 1 saturated heterocycles. The SMILES string of the molecule is CC(C)Oc1ccc(B2CC(C)(C)C(C)(C)O2)cc1C(F)(F)F. The summed E-state index contributed by atoms with van der Waals surface area (Å²) in [7, 11) is 0. The van der Waals surface area contributed by atoms with Crippen molar-refractivity contribution in [1.29, 1.82) is 0 Å². The third-order valence-electron chi connectivity index (χ3n) is 4.81. The van der Waals surface area contributed by atoms with Crippen molar-refractivity contribution < 1.29 is 22.6 Å². The molecule has 23 heavy (non-hydrogen) atoms. The molecule has 1 aromatic carbocycles. The molecule has 0 N–H and O–H groups in total. The zero-order valence-corrected chi connectivity index (χ0v) is 14.5. The minimum Gasteiger partial charge on any atom is -0.490 e. The fraction of sp³-hybridized carbons (Fsp3) is 0.647. The predicted molar refractivity (Wildman–Crippen MR) is 86.3 cm³/mol. The zero-order valence-electron chi connectivity index (χ0n) is 14.5. The molecule has 0 unspecified atom stereocenters. The Bertz CT molecular complexity index is 564. The van der Waals surface area contributed by atoms with Crippen LogP contribution in [0.2, 0.25) is 6.32 Å². The highest BCUT2D eigenvalue weighted by molar-refractivity contribution is 6.68. The summed E-state index contributed by atoms with van der Waals surface area (Å²) in [6.45, 7) is 11.2. The first kappa shape index (κ1) is 18.2. The molecule has 0 aromatic heterocycles. The van der Waals surface area contributed by atoms with Crippen LogP contribution < -0.4 is 10.2 Å². The molecule has 0 saturated carbocycles. The van der Waals surface area contributed by atoms with E-state index in [0.717, 1.165) is 0 Å². The van der Waals surface area contributed by atoms with Gasteiger partial charge in [0.25, 0.3) is 0 Å². The van der Waals surface area contributed by atoms with E-state index in [4.69, 9.17) is 9.39 Å². The van der Waals surface area contributed by atoms with Gasteiger partial charge in [0.1, 0.15) is 5.75 Å². The molecule has 2 nitrogen and oxygen atoms in total. The van der Waals surface area contributed by atoms with Gasteiger partial charge in [-0.2, -0.15) is 13.2 Å². The molecule has 0 spiro atoms. The normalized spacial score (nSPS) is 20.2. The summed E-state index contributed by atoms with van der Waals surface area (Å²) in [5.74, 6) is -0.132. The van der Waals surface area contributed by atoms with Gasteiger partial charge in [-0.1, -0.05) is 19.9 Å². The number of alkyl halides is 3. The summed E-state index contributed by atoms with van der Waals surface area (Å²) in [6.07, 6.45) is -4.09. The Morgan fingerprint density at radius 2 is 1.78 bits per heavy atom. The van der Waals surface area contributed by atoms with E-state index in [1.54, 1.807) is 19.9 Å². The van der Waals surface area contributed by atoms with Crippen LogP contribution in [0.1, 0.15) is 47.1 Å². The molecule has 1 aromatic rings. The topological polar surface area (TPSA) is 18.5 Å². The zero-order chi connectivity index (χ0) is 17.6. The lowest BCUT2D eigenvalue weighted by Crippen LogP contribution is -2.36. The number of rotatable bonds is 3. The standard InChI is InChI=1S/C17H24BF3O2/c1-11(2)22-14-8-7-12(9-13(14)17(19,20)21)18-10-15(3,4)16(5,6)23-18/h7-9,11H,10H2,1-6H3. The molecule has 1 aliphatic heterocycles. The highest BCUT2D eigenvalue weighted by atomic mass is 19.4. The van der Waals surface area contributed by atoms with Crippen molar-refractivity contribution in [1.82, 2.24) is 0 Å². The molecular formula is C17H24BF3O2. The average Bonchev–Trinajstić information content (AvgIpc) is 2.56. The average molecular weight is 328 g/mol. The minimum absolute atomic E-state index is 0.108. The van der Waals surface area contributed by atoms with Gasteiger partial charge in [-0.25, -0.2) is 0 Å². The largest absolute Gasteiger partial charge is 0.490 e. The van der Waals surface area contributed by atoms with E-state index in [-0.39, 0.29) is 29.8 Å². The molecule has 0 amide bonds. The van der Waals surface area contributed by atoms with Gasteiger partial charge in [-0.05, 0) is 57.0 Å². The first-order valence-electron chi connectivity index (χ1n) is 7.89. The van der Waals surface area contributed by atoms with Crippen LogP contribution in [0.3, 0.4) is 0 Å². The molecule has 1 heterocycles. The van der Waals surface area contributed by atoms with Crippen molar-refractivity contribution in [2.45, 2.75) is 65.7 Å². The Hall–Kier alpha value is -1.17. The minimum atomic E-state index is -4.45. The van der Waals surface area contributed by atoms with Crippen molar-refractivity contribution in [3.8, 4) is 5.75 Å². The Morgan fingerprint density at radius 3 is 2.22 bits per heavy atom. The van der Waals surface area contributed by atoms with Crippen molar-refractivity contribution in [3.05, 3.63) is 23.8 Å². The fourth-order valence-electron chi connectivity index (χ4n) is 2.78. The monoisotopic (exact) mass is 328 g/mol. The summed E-state index contributed by atoms with van der Waals surface area (Å²) in [4.78, 5) is 0. The van der Waals surface area contributed by atoms with Crippen LogP contribution in [0.4, 0.5) is 13.2 Å². The second kappa shape index (κ2) is 5.73. The highest BCUT2D eigenvalue weighted by Gasteiger charge is 2.50. The Balaban J connectivity index is 2.39. The summed E-state index contributed by atoms with van der Waals surface area (Å²) < 4.78 is 51.4. The second-order valence-electron chi connectivity index (χ2n) is 7.62. The Labute approximate surface area is 136 Å². The van der Waals surface area contributed by atoms with Gasteiger partial charge in [-0.3, -0.25) is 0 Å². The van der Waals surface area contributed by atoms with E-state index in [0.29, 0.717) is 11.8 Å². The number of ether oxygens (including phenoxy) is 1. The lowest BCUT2D eigenvalue weighted by atomic mass is 9.54. The smallest absolute Gasteiger partial charge is 0.419 e. The highest BCUT2D eigenvalue weighted by Crippen LogP contribution is 2.45. The molecule has 0 bridgehead atoms. The third-order valence-corrected chi connectivity index (χ3v) is 4.81. The predicted octanol–water partition coefficient (Wildman–Crippen LogP) is 4.53. The van der Waals surface area contributed by atoms with E-state index >= 15 is 0 Å². The number of hydrogen-bond donors (Lipinski definition) is 0. The molecule has 0 atom stereocenters. The van der Waals surface area contributed by atoms with Crippen molar-refractivity contribution in [2.24, 2.45) is 5.41 Å². The van der Waals surface area contributed by atoms with Gasteiger partial charge in [0.2, 0.25) is 0 Å². The van der Waals surface area contributed by atoms with Crippen LogP contribution in [0, 0.1) is 5.41 Å². The summed E-state index contributed by atoms with van der Waals surface area (Å²) in [5, 5.41) is 0. The lowest BCUT2D eigenvalue weighted by molar-refractivity contribution is -0.139. The Morgan fingerprint density at radius 1 is 1.17 bits per heavy atom. The van der Waals surface area contributed by atoms with Crippen LogP contribution in [0.25, 0.3) is 0 Å². The van der Waals surface area contributed by atoms with Crippen LogP contribution in [0.5, 0.6) is 5.75 Å². The molecule has 128 valence electrons. The fourth-order valence-corrected chi connectivity index (χ4v) is 2.78. The molecule has 0 aliphatic carbocycles. The van der Waals surface area contributed by atoms with Crippen LogP contribution >= 0.6 is 0 Å². The number of benzene rings is 1. The van der Waals surface area contributed by atoms with Gasteiger partial charge in [0.05, 0.1) is 17.3 Å². The van der Waals surface area contributed by atoms with Gasteiger partial charge in [-0.15, -0.1) is 0 Å². The second-order valence-corrected chi connectivity index (χ2v) is 7.62. The van der Waals surface area contributed by atoms with Gasteiger partial charge in [0, 0.05) is 0 Å². The summed E-state index contributed by atoms with van der Waals surface area (Å²) in [5.41, 5.74) is -0.686. The quantitative estimate of drug-likeness (QED) is 0.759. The van der Waals surface area contributed by atoms with E-state index in [1.807, 2.05) is 13.8 Å². The molecule has 0 radical (unpaired) electrons. The van der Waals surface area contributed by atoms with E-state index < -0.39 is 11.7 Å². The first-order valence-corrected chi connectivity index (χ1v) is 7.89. The maximum atomic E-state index is 13.3. The Kier molecular flexibility index (Phi) is 4.53. The van der Waals surface area contributed by atoms with Gasteiger partial charge < -0.3 is 9.39 Å². The summed E-state index contributed by atoms with van der Waals surface area (Å²) in [6, 6.07) is 4.24. The van der Waals surface area contributed by atoms with E-state index in [1.165, 1.54) is 12.1 Å². The maximum absolute atomic E-state index is 13.3. The van der Waals surface area contributed by atoms with Crippen molar-refractivity contribution in [2.75, 3.05) is 0 Å². The van der Waals surface area contributed by atoms with Crippen molar-refractivity contribution >= 4 is 12.4 Å². The first-order chi connectivity index (χ1) is 10.3. The molecule has 6 heteroatoms. The van der Waals surface area contributed by atoms with Crippen LogP contribution in [0.15, 0.2) is 18.2 Å². The number of halogens is 3. The molecule has 2 rings (SSSR count). The maximum Gasteiger partial charge on any atom is 0.419 e. The van der Waals surface area contributed by atoms with Gasteiger partial charge in [0.15, 0.2) is 0 Å². The summed E-state index contributed by atoms with van der Waals surface area (Å²) >= 11 is 0. The molecule has 1 aliphatic rings. The molecule has 1 fully saturated rings. The number of hydrogen-bond acceptors (Lipinski definition) is 2. The van der Waals surface area contributed by atoms with Gasteiger partial charge >= 0.3 is 13.1 Å². The van der Waals surface area contributed by atoms with Crippen LogP contribution in [-0.4, -0.2) is 18.6 Å². The van der Waals surface area contributed by atoms with E-state index in [2.05, 4.69) is 13.8 Å². The van der Waals surface area contributed by atoms with Crippen molar-refractivity contribution in [3.63, 3.8) is 0 Å². The van der Waals surface area contributed by atoms with E-state index in [9.17, 15) is 13.2 Å². The van der Waals surface area contributed by atoms with Crippen LogP contribution in [-0.2, 0) is 10.8 Å². The third kappa shape index (κ3) is 3.68. The molecular weight excluding hydrogens is 304 g/mol. The lowest BCUT2D eigenvalue weighted by Gasteiger charge is -2.34.